The highest BCUT2D eigenvalue weighted by Crippen LogP contribution is 2.62. The molecule has 4 aliphatic rings. The Bertz CT molecular complexity index is 588. The lowest BCUT2D eigenvalue weighted by Crippen LogP contribution is -2.58. The van der Waals surface area contributed by atoms with Crippen molar-refractivity contribution in [2.24, 2.45) is 29.4 Å². The van der Waals surface area contributed by atoms with E-state index >= 15 is 0 Å². The Morgan fingerprint density at radius 2 is 1.83 bits per heavy atom. The molecule has 5 heteroatoms. The van der Waals surface area contributed by atoms with Crippen LogP contribution in [0.5, 0.6) is 0 Å². The zero-order chi connectivity index (χ0) is 16.0. The predicted octanol–water partition coefficient (Wildman–Crippen LogP) is 3.05. The van der Waals surface area contributed by atoms with Gasteiger partial charge in [0.05, 0.1) is 0 Å². The van der Waals surface area contributed by atoms with Crippen LogP contribution in [-0.2, 0) is 16.9 Å². The van der Waals surface area contributed by atoms with Crippen LogP contribution in [0.3, 0.4) is 0 Å². The van der Waals surface area contributed by atoms with Gasteiger partial charge in [-0.25, -0.2) is 0 Å². The van der Waals surface area contributed by atoms with Crippen LogP contribution >= 0.6 is 0 Å². The summed E-state index contributed by atoms with van der Waals surface area (Å²) in [7, 11) is 0. The van der Waals surface area contributed by atoms with Gasteiger partial charge in [-0.2, -0.15) is 0 Å². The normalized spacial score (nSPS) is 37.8. The van der Waals surface area contributed by atoms with Gasteiger partial charge in [0.25, 0.3) is 5.09 Å². The molecule has 23 heavy (non-hydrogen) atoms. The van der Waals surface area contributed by atoms with Gasteiger partial charge in [0.2, 0.25) is 0 Å². The fourth-order valence-electron chi connectivity index (χ4n) is 6.03. The Morgan fingerprint density at radius 1 is 1.17 bits per heavy atom. The van der Waals surface area contributed by atoms with Crippen LogP contribution in [0.25, 0.3) is 0 Å². The Balaban J connectivity index is 1.67. The summed E-state index contributed by atoms with van der Waals surface area (Å²) in [6, 6.07) is 8.16. The number of rotatable bonds is 5. The molecule has 0 unspecified atom stereocenters. The molecule has 0 radical (unpaired) electrons. The SMILES string of the molecule is NCC1(c2cccc(CO[N+](=O)[O-])c2)C2CC3CC(C2)CC1C3. The Kier molecular flexibility index (Phi) is 3.56. The average Bonchev–Trinajstić information content (AvgIpc) is 2.53. The maximum atomic E-state index is 10.4. The molecule has 4 aliphatic carbocycles. The summed E-state index contributed by atoms with van der Waals surface area (Å²) in [5.74, 6) is 3.15. The smallest absolute Gasteiger partial charge is 0.294 e. The lowest BCUT2D eigenvalue weighted by molar-refractivity contribution is -0.763. The van der Waals surface area contributed by atoms with E-state index in [4.69, 9.17) is 5.73 Å². The fraction of sp³-hybridized carbons (Fsp3) is 0.667. The maximum absolute atomic E-state index is 10.4. The van der Waals surface area contributed by atoms with Gasteiger partial charge in [-0.3, -0.25) is 0 Å². The van der Waals surface area contributed by atoms with E-state index in [1.807, 2.05) is 12.1 Å². The summed E-state index contributed by atoms with van der Waals surface area (Å²) >= 11 is 0. The first-order chi connectivity index (χ1) is 11.1. The monoisotopic (exact) mass is 316 g/mol. The first kappa shape index (κ1) is 14.9. The molecule has 5 nitrogen and oxygen atoms in total. The predicted molar refractivity (Wildman–Crippen MR) is 86.0 cm³/mol. The van der Waals surface area contributed by atoms with E-state index in [9.17, 15) is 10.1 Å². The molecular formula is C18H24N2O3. The molecule has 124 valence electrons. The van der Waals surface area contributed by atoms with Crippen molar-refractivity contribution in [3.8, 4) is 0 Å². The molecule has 2 N–H and O–H groups in total. The average molecular weight is 316 g/mol. The summed E-state index contributed by atoms with van der Waals surface area (Å²) in [6.45, 7) is 0.698. The van der Waals surface area contributed by atoms with Crippen molar-refractivity contribution < 1.29 is 9.92 Å². The van der Waals surface area contributed by atoms with Gasteiger partial charge in [-0.1, -0.05) is 24.3 Å². The standard InChI is InChI=1S/C18H24N2O3/c19-11-18(15-3-1-2-12(5-15)10-23-20(21)22)16-6-13-4-14(8-16)9-17(18)7-13/h1-3,5,13-14,16-17H,4,6-11,19H2. The summed E-state index contributed by atoms with van der Waals surface area (Å²) in [6.07, 6.45) is 6.64. The van der Waals surface area contributed by atoms with E-state index in [0.717, 1.165) is 17.4 Å². The van der Waals surface area contributed by atoms with Gasteiger partial charge in [0, 0.05) is 12.0 Å². The second-order valence-electron chi connectivity index (χ2n) is 7.75. The molecule has 0 atom stereocenters. The van der Waals surface area contributed by atoms with Crippen molar-refractivity contribution in [2.75, 3.05) is 6.54 Å². The Morgan fingerprint density at radius 3 is 2.39 bits per heavy atom. The third-order valence-electron chi connectivity index (χ3n) is 6.73. The van der Waals surface area contributed by atoms with Crippen LogP contribution in [0.15, 0.2) is 24.3 Å². The van der Waals surface area contributed by atoms with Crippen LogP contribution in [0.2, 0.25) is 0 Å². The first-order valence-corrected chi connectivity index (χ1v) is 8.68. The van der Waals surface area contributed by atoms with Crippen LogP contribution in [-0.4, -0.2) is 11.6 Å². The van der Waals surface area contributed by atoms with Crippen LogP contribution in [0, 0.1) is 33.8 Å². The van der Waals surface area contributed by atoms with E-state index in [2.05, 4.69) is 17.0 Å². The number of benzene rings is 1. The van der Waals surface area contributed by atoms with E-state index < -0.39 is 5.09 Å². The second-order valence-corrected chi connectivity index (χ2v) is 7.75. The summed E-state index contributed by atoms with van der Waals surface area (Å²) in [5.41, 5.74) is 8.56. The summed E-state index contributed by atoms with van der Waals surface area (Å²) < 4.78 is 0. The summed E-state index contributed by atoms with van der Waals surface area (Å²) in [5, 5.41) is 9.71. The highest BCUT2D eigenvalue weighted by molar-refractivity contribution is 5.35. The quantitative estimate of drug-likeness (QED) is 0.669. The molecule has 4 fully saturated rings. The van der Waals surface area contributed by atoms with E-state index in [1.54, 1.807) is 0 Å². The molecule has 0 spiro atoms. The van der Waals surface area contributed by atoms with Crippen LogP contribution < -0.4 is 5.73 Å². The van der Waals surface area contributed by atoms with Crippen LogP contribution in [0.1, 0.15) is 43.2 Å². The molecule has 0 aromatic heterocycles. The van der Waals surface area contributed by atoms with Gasteiger partial charge >= 0.3 is 0 Å². The molecule has 1 aromatic carbocycles. The highest BCUT2D eigenvalue weighted by Gasteiger charge is 2.57. The molecule has 0 aliphatic heterocycles. The minimum absolute atomic E-state index is 0.0159. The number of hydrogen-bond acceptors (Lipinski definition) is 4. The Labute approximate surface area is 136 Å². The molecule has 1 aromatic rings. The minimum Gasteiger partial charge on any atom is -0.330 e. The minimum atomic E-state index is -0.728. The van der Waals surface area contributed by atoms with E-state index in [0.29, 0.717) is 18.4 Å². The van der Waals surface area contributed by atoms with Crippen molar-refractivity contribution in [3.63, 3.8) is 0 Å². The second kappa shape index (κ2) is 5.48. The van der Waals surface area contributed by atoms with Crippen molar-refractivity contribution in [1.82, 2.24) is 0 Å². The van der Waals surface area contributed by atoms with Crippen molar-refractivity contribution >= 4 is 0 Å². The van der Waals surface area contributed by atoms with Crippen molar-refractivity contribution in [2.45, 2.75) is 44.1 Å². The maximum Gasteiger partial charge on any atom is 0.294 e. The molecule has 0 saturated heterocycles. The zero-order valence-electron chi connectivity index (χ0n) is 13.3. The zero-order valence-corrected chi connectivity index (χ0v) is 13.3. The third kappa shape index (κ3) is 2.33. The number of nitrogens with two attached hydrogens (primary N) is 1. The topological polar surface area (TPSA) is 78.4 Å². The van der Waals surface area contributed by atoms with E-state index in [-0.39, 0.29) is 12.0 Å². The molecule has 4 saturated carbocycles. The highest BCUT2D eigenvalue weighted by atomic mass is 16.9. The van der Waals surface area contributed by atoms with Crippen molar-refractivity contribution in [3.05, 3.63) is 45.5 Å². The van der Waals surface area contributed by atoms with Crippen LogP contribution in [0.4, 0.5) is 0 Å². The fourth-order valence-corrected chi connectivity index (χ4v) is 6.03. The van der Waals surface area contributed by atoms with Crippen molar-refractivity contribution in [1.29, 1.82) is 0 Å². The molecule has 5 rings (SSSR count). The molecule has 4 bridgehead atoms. The van der Waals surface area contributed by atoms with Gasteiger partial charge in [-0.15, -0.1) is 10.1 Å². The lowest BCUT2D eigenvalue weighted by Gasteiger charge is -2.61. The van der Waals surface area contributed by atoms with Gasteiger partial charge in [-0.05, 0) is 66.9 Å². The number of nitrogens with zero attached hydrogens (tertiary/aromatic N) is 1. The molecule has 0 heterocycles. The summed E-state index contributed by atoms with van der Waals surface area (Å²) in [4.78, 5) is 15.0. The first-order valence-electron chi connectivity index (χ1n) is 8.68. The van der Waals surface area contributed by atoms with Gasteiger partial charge in [0.15, 0.2) is 0 Å². The number of hydrogen-bond donors (Lipinski definition) is 1. The van der Waals surface area contributed by atoms with Gasteiger partial charge in [0.1, 0.15) is 6.61 Å². The molecule has 0 amide bonds. The largest absolute Gasteiger partial charge is 0.330 e. The lowest BCUT2D eigenvalue weighted by atomic mass is 9.44. The van der Waals surface area contributed by atoms with E-state index in [1.165, 1.54) is 37.7 Å². The Hall–Kier alpha value is -1.62. The third-order valence-corrected chi connectivity index (χ3v) is 6.73. The molecular weight excluding hydrogens is 292 g/mol. The van der Waals surface area contributed by atoms with Gasteiger partial charge < -0.3 is 10.6 Å².